The molecule has 0 aliphatic heterocycles. The van der Waals surface area contributed by atoms with Gasteiger partial charge >= 0.3 is 6.11 Å². The fraction of sp³-hybridized carbons (Fsp3) is 0.333. The molecule has 1 aliphatic carbocycles. The zero-order valence-electron chi connectivity index (χ0n) is 21.0. The van der Waals surface area contributed by atoms with E-state index in [0.717, 1.165) is 50.7 Å². The van der Waals surface area contributed by atoms with E-state index >= 15 is 0 Å². The van der Waals surface area contributed by atoms with Gasteiger partial charge in [-0.2, -0.15) is 8.78 Å². The topological polar surface area (TPSA) is 9.23 Å². The molecule has 208 valence electrons. The summed E-state index contributed by atoms with van der Waals surface area (Å²) in [4.78, 5) is 0. The second-order valence-corrected chi connectivity index (χ2v) is 9.80. The average molecular weight is 555 g/mol. The maximum Gasteiger partial charge on any atom is 0.419 e. The first-order chi connectivity index (χ1) is 18.5. The zero-order chi connectivity index (χ0) is 28.3. The molecule has 0 amide bonds. The van der Waals surface area contributed by atoms with Crippen molar-refractivity contribution >= 4 is 6.08 Å². The molecule has 0 unspecified atom stereocenters. The van der Waals surface area contributed by atoms with E-state index in [1.54, 1.807) is 0 Å². The first-order valence-electron chi connectivity index (χ1n) is 12.7. The molecule has 4 rings (SSSR count). The van der Waals surface area contributed by atoms with E-state index < -0.39 is 52.3 Å². The van der Waals surface area contributed by atoms with Crippen LogP contribution in [0, 0.1) is 40.8 Å². The summed E-state index contributed by atoms with van der Waals surface area (Å²) in [5.41, 5.74) is -0.909. The molecule has 1 fully saturated rings. The van der Waals surface area contributed by atoms with Crippen molar-refractivity contribution in [3.63, 3.8) is 0 Å². The molecule has 0 atom stereocenters. The van der Waals surface area contributed by atoms with Gasteiger partial charge in [0.05, 0.1) is 0 Å². The van der Waals surface area contributed by atoms with Crippen LogP contribution in [0.25, 0.3) is 17.2 Å². The lowest BCUT2D eigenvalue weighted by molar-refractivity contribution is -0.131. The Balaban J connectivity index is 1.46. The maximum absolute atomic E-state index is 14.7. The van der Waals surface area contributed by atoms with Gasteiger partial charge in [0.15, 0.2) is 17.5 Å². The number of rotatable bonds is 8. The van der Waals surface area contributed by atoms with Gasteiger partial charge in [-0.3, -0.25) is 0 Å². The van der Waals surface area contributed by atoms with Gasteiger partial charge in [-0.1, -0.05) is 19.8 Å². The van der Waals surface area contributed by atoms with Crippen molar-refractivity contribution in [2.75, 3.05) is 0 Å². The molecule has 3 aromatic rings. The molecular formula is C30H26F8O. The summed E-state index contributed by atoms with van der Waals surface area (Å²) >= 11 is 0. The van der Waals surface area contributed by atoms with Crippen molar-refractivity contribution in [1.82, 2.24) is 0 Å². The molecular weight excluding hydrogens is 528 g/mol. The molecule has 0 radical (unpaired) electrons. The summed E-state index contributed by atoms with van der Waals surface area (Å²) < 4.78 is 117. The second-order valence-electron chi connectivity index (χ2n) is 9.80. The number of alkyl halides is 2. The predicted molar refractivity (Wildman–Crippen MR) is 132 cm³/mol. The van der Waals surface area contributed by atoms with Gasteiger partial charge in [0.2, 0.25) is 0 Å². The average Bonchev–Trinajstić information content (AvgIpc) is 2.87. The number of halogens is 8. The Morgan fingerprint density at radius 3 is 1.97 bits per heavy atom. The molecule has 0 heterocycles. The van der Waals surface area contributed by atoms with Crippen molar-refractivity contribution in [1.29, 1.82) is 0 Å². The minimum Gasteiger partial charge on any atom is -0.429 e. The molecule has 0 aromatic heterocycles. The first-order valence-corrected chi connectivity index (χ1v) is 12.7. The first kappa shape index (κ1) is 28.6. The van der Waals surface area contributed by atoms with Gasteiger partial charge in [-0.25, -0.2) is 26.3 Å². The van der Waals surface area contributed by atoms with Crippen molar-refractivity contribution in [3.8, 4) is 16.9 Å². The quantitative estimate of drug-likeness (QED) is 0.199. The van der Waals surface area contributed by atoms with Gasteiger partial charge in [0.25, 0.3) is 0 Å². The Morgan fingerprint density at radius 2 is 1.41 bits per heavy atom. The smallest absolute Gasteiger partial charge is 0.419 e. The summed E-state index contributed by atoms with van der Waals surface area (Å²) in [7, 11) is 0. The van der Waals surface area contributed by atoms with Gasteiger partial charge in [-0.05, 0) is 91.1 Å². The fourth-order valence-electron chi connectivity index (χ4n) is 5.07. The lowest BCUT2D eigenvalue weighted by Gasteiger charge is -2.28. The Labute approximate surface area is 221 Å². The molecule has 1 aliphatic rings. The molecule has 0 N–H and O–H groups in total. The summed E-state index contributed by atoms with van der Waals surface area (Å²) in [6.45, 7) is 2.12. The van der Waals surface area contributed by atoms with Crippen LogP contribution in [-0.4, -0.2) is 6.11 Å². The van der Waals surface area contributed by atoms with Crippen molar-refractivity contribution in [2.45, 2.75) is 57.5 Å². The van der Waals surface area contributed by atoms with Crippen LogP contribution in [0.4, 0.5) is 35.1 Å². The third-order valence-electron chi connectivity index (χ3n) is 7.05. The maximum atomic E-state index is 14.7. The molecule has 39 heavy (non-hydrogen) atoms. The fourth-order valence-corrected chi connectivity index (χ4v) is 5.07. The molecule has 3 aromatic carbocycles. The van der Waals surface area contributed by atoms with Gasteiger partial charge in [0, 0.05) is 23.3 Å². The van der Waals surface area contributed by atoms with Crippen LogP contribution in [-0.2, 0) is 0 Å². The largest absolute Gasteiger partial charge is 0.429 e. The van der Waals surface area contributed by atoms with Crippen molar-refractivity contribution in [2.24, 2.45) is 5.92 Å². The van der Waals surface area contributed by atoms with Crippen LogP contribution in [0.3, 0.4) is 0 Å². The van der Waals surface area contributed by atoms with E-state index in [9.17, 15) is 35.1 Å². The standard InChI is InChI=1S/C30H26F8O/c1-2-3-17-4-6-18(7-5-17)19-12-24(31)23(25(32)13-19)10-11-30(37,38)39-21-8-9-22(26(33)16-21)20-14-27(34)29(36)28(35)15-20/h8-18H,2-7H2,1H3. The third-order valence-corrected chi connectivity index (χ3v) is 7.05. The minimum absolute atomic E-state index is 0.00525. The lowest BCUT2D eigenvalue weighted by atomic mass is 9.77. The highest BCUT2D eigenvalue weighted by Gasteiger charge is 2.29. The monoisotopic (exact) mass is 554 g/mol. The van der Waals surface area contributed by atoms with Crippen LogP contribution in [0.15, 0.2) is 48.5 Å². The number of benzene rings is 3. The summed E-state index contributed by atoms with van der Waals surface area (Å²) in [6.07, 6.45) is 2.40. The molecule has 1 nitrogen and oxygen atoms in total. The molecule has 1 saturated carbocycles. The van der Waals surface area contributed by atoms with Gasteiger partial charge in [0.1, 0.15) is 23.2 Å². The second kappa shape index (κ2) is 11.8. The molecule has 9 heteroatoms. The highest BCUT2D eigenvalue weighted by atomic mass is 19.3. The van der Waals surface area contributed by atoms with Crippen LogP contribution in [0.1, 0.15) is 62.5 Å². The van der Waals surface area contributed by atoms with Crippen molar-refractivity contribution in [3.05, 3.63) is 94.6 Å². The third kappa shape index (κ3) is 6.81. The zero-order valence-corrected chi connectivity index (χ0v) is 21.0. The molecule has 0 bridgehead atoms. The van der Waals surface area contributed by atoms with Gasteiger partial charge in [-0.15, -0.1) is 0 Å². The summed E-state index contributed by atoms with van der Waals surface area (Å²) in [5, 5.41) is 0. The highest BCUT2D eigenvalue weighted by molar-refractivity contribution is 5.65. The van der Waals surface area contributed by atoms with Gasteiger partial charge < -0.3 is 4.74 Å². The van der Waals surface area contributed by atoms with Crippen LogP contribution in [0.5, 0.6) is 5.75 Å². The number of ether oxygens (including phenoxy) is 1. The van der Waals surface area contributed by atoms with Crippen LogP contribution >= 0.6 is 0 Å². The Hall–Kier alpha value is -3.36. The van der Waals surface area contributed by atoms with E-state index in [4.69, 9.17) is 0 Å². The van der Waals surface area contributed by atoms with Crippen LogP contribution in [0.2, 0.25) is 0 Å². The number of hydrogen-bond acceptors (Lipinski definition) is 1. The Bertz CT molecular complexity index is 1310. The van der Waals surface area contributed by atoms with E-state index in [1.807, 2.05) is 0 Å². The highest BCUT2D eigenvalue weighted by Crippen LogP contribution is 2.38. The van der Waals surface area contributed by atoms with Crippen molar-refractivity contribution < 1.29 is 39.9 Å². The summed E-state index contributed by atoms with van der Waals surface area (Å²) in [5.74, 6) is -8.01. The number of hydrogen-bond donors (Lipinski definition) is 0. The Morgan fingerprint density at radius 1 is 0.795 bits per heavy atom. The molecule has 0 spiro atoms. The SMILES string of the molecule is CCCC1CCC(c2cc(F)c(C=CC(F)(F)Oc3ccc(-c4cc(F)c(F)c(F)c4)c(F)c3)c(F)c2)CC1. The minimum atomic E-state index is -4.09. The lowest BCUT2D eigenvalue weighted by Crippen LogP contribution is -2.21. The van der Waals surface area contributed by atoms with E-state index in [2.05, 4.69) is 11.7 Å². The normalized spacial score (nSPS) is 18.1. The van der Waals surface area contributed by atoms with E-state index in [0.29, 0.717) is 35.8 Å². The predicted octanol–water partition coefficient (Wildman–Crippen LogP) is 9.95. The molecule has 0 saturated heterocycles. The van der Waals surface area contributed by atoms with E-state index in [-0.39, 0.29) is 23.1 Å². The summed E-state index contributed by atoms with van der Waals surface area (Å²) in [6, 6.07) is 5.82. The Kier molecular flexibility index (Phi) is 8.67. The van der Waals surface area contributed by atoms with Crippen LogP contribution < -0.4 is 4.74 Å². The van der Waals surface area contributed by atoms with E-state index in [1.165, 1.54) is 12.1 Å².